The van der Waals surface area contributed by atoms with Crippen molar-refractivity contribution in [2.75, 3.05) is 41.1 Å². The van der Waals surface area contributed by atoms with E-state index in [9.17, 15) is 21.6 Å². The van der Waals surface area contributed by atoms with Crippen molar-refractivity contribution in [3.05, 3.63) is 53.2 Å². The summed E-state index contributed by atoms with van der Waals surface area (Å²) in [5.74, 6) is 0.478. The molecule has 1 saturated heterocycles. The molecule has 0 spiro atoms. The Bertz CT molecular complexity index is 1310. The Labute approximate surface area is 215 Å². The Morgan fingerprint density at radius 3 is 2.33 bits per heavy atom. The summed E-state index contributed by atoms with van der Waals surface area (Å²) in [7, 11) is -3.80. The van der Waals surface area contributed by atoms with Gasteiger partial charge in [-0.05, 0) is 55.0 Å². The number of thiocarbonyl (C=S) groups is 1. The number of hydrogen-bond donors (Lipinski definition) is 2. The maximum atomic E-state index is 12.7. The third-order valence-electron chi connectivity index (χ3n) is 5.37. The van der Waals surface area contributed by atoms with Gasteiger partial charge in [-0.2, -0.15) is 13.2 Å². The summed E-state index contributed by atoms with van der Waals surface area (Å²) in [6, 6.07) is 8.54. The highest BCUT2D eigenvalue weighted by atomic mass is 32.2. The van der Waals surface area contributed by atoms with E-state index in [-0.39, 0.29) is 10.0 Å². The maximum Gasteiger partial charge on any atom is 0.417 e. The van der Waals surface area contributed by atoms with Crippen LogP contribution in [0.25, 0.3) is 0 Å². The summed E-state index contributed by atoms with van der Waals surface area (Å²) < 4.78 is 65.9. The van der Waals surface area contributed by atoms with Crippen molar-refractivity contribution in [1.82, 2.24) is 20.1 Å². The van der Waals surface area contributed by atoms with Gasteiger partial charge in [0.15, 0.2) is 5.11 Å². The Morgan fingerprint density at radius 1 is 1.08 bits per heavy atom. The van der Waals surface area contributed by atoms with E-state index in [0.717, 1.165) is 17.3 Å². The summed E-state index contributed by atoms with van der Waals surface area (Å²) in [5, 5.41) is 12.2. The first-order valence-electron chi connectivity index (χ1n) is 10.8. The molecule has 2 aromatic heterocycles. The molecule has 3 heterocycles. The van der Waals surface area contributed by atoms with Crippen LogP contribution in [0.3, 0.4) is 0 Å². The Kier molecular flexibility index (Phi) is 7.61. The molecule has 0 atom stereocenters. The summed E-state index contributed by atoms with van der Waals surface area (Å²) in [5.41, 5.74) is -0.161. The van der Waals surface area contributed by atoms with E-state index < -0.39 is 21.8 Å². The fraction of sp³-hybridized carbons (Fsp3) is 0.333. The molecule has 0 saturated carbocycles. The monoisotopic (exact) mass is 557 g/mol. The van der Waals surface area contributed by atoms with Crippen molar-refractivity contribution in [3.8, 4) is 0 Å². The number of anilines is 3. The number of nitrogens with one attached hydrogen (secondary N) is 2. The standard InChI is InChI=1S/C21H22F3N7O2S3/c1-2-18-27-28-19(35-18)29-36(32,33)16-6-4-15(5-7-16)26-20(34)31-11-9-30(10-12-31)17-8-3-14(13-25-17)21(22,23)24/h3-8,13H,2,9-12H2,1H3,(H,26,34)(H,28,29). The second kappa shape index (κ2) is 10.5. The molecule has 1 aromatic carbocycles. The van der Waals surface area contributed by atoms with E-state index in [1.165, 1.54) is 29.5 Å². The van der Waals surface area contributed by atoms with Crippen LogP contribution >= 0.6 is 23.6 Å². The van der Waals surface area contributed by atoms with Crippen LogP contribution in [0.2, 0.25) is 0 Å². The highest BCUT2D eigenvalue weighted by Crippen LogP contribution is 2.29. The van der Waals surface area contributed by atoms with Crippen molar-refractivity contribution in [3.63, 3.8) is 0 Å². The van der Waals surface area contributed by atoms with Crippen molar-refractivity contribution in [2.45, 2.75) is 24.4 Å². The maximum absolute atomic E-state index is 12.7. The molecule has 1 fully saturated rings. The van der Waals surface area contributed by atoms with Gasteiger partial charge in [0, 0.05) is 38.1 Å². The molecular weight excluding hydrogens is 535 g/mol. The molecule has 0 bridgehead atoms. The number of benzene rings is 1. The zero-order valence-electron chi connectivity index (χ0n) is 19.0. The van der Waals surface area contributed by atoms with Crippen LogP contribution in [0.5, 0.6) is 0 Å². The molecular formula is C21H22F3N7O2S3. The molecule has 192 valence electrons. The number of hydrogen-bond acceptors (Lipinski definition) is 8. The van der Waals surface area contributed by atoms with Gasteiger partial charge in [-0.15, -0.1) is 10.2 Å². The highest BCUT2D eigenvalue weighted by Gasteiger charge is 2.31. The third kappa shape index (κ3) is 6.20. The first-order chi connectivity index (χ1) is 17.0. The molecule has 0 amide bonds. The third-order valence-corrected chi connectivity index (χ3v) is 8.20. The fourth-order valence-corrected chi connectivity index (χ4v) is 5.62. The van der Waals surface area contributed by atoms with Crippen LogP contribution in [-0.2, 0) is 22.6 Å². The highest BCUT2D eigenvalue weighted by molar-refractivity contribution is 7.93. The normalized spacial score (nSPS) is 14.6. The van der Waals surface area contributed by atoms with Gasteiger partial charge in [0.25, 0.3) is 10.0 Å². The van der Waals surface area contributed by atoms with E-state index in [1.807, 2.05) is 16.7 Å². The predicted molar refractivity (Wildman–Crippen MR) is 136 cm³/mol. The number of halogens is 3. The summed E-state index contributed by atoms with van der Waals surface area (Å²) in [6.07, 6.45) is -2.91. The molecule has 15 heteroatoms. The van der Waals surface area contributed by atoms with Crippen molar-refractivity contribution in [1.29, 1.82) is 0 Å². The molecule has 1 aliphatic rings. The topological polar surface area (TPSA) is 103 Å². The lowest BCUT2D eigenvalue weighted by Gasteiger charge is -2.36. The first-order valence-corrected chi connectivity index (χ1v) is 13.6. The number of pyridine rings is 1. The lowest BCUT2D eigenvalue weighted by Crippen LogP contribution is -2.50. The SMILES string of the molecule is CCc1nnc(NS(=O)(=O)c2ccc(NC(=S)N3CCN(c4ccc(C(F)(F)F)cn4)CC3)cc2)s1. The number of nitrogens with zero attached hydrogens (tertiary/aromatic N) is 5. The van der Waals surface area contributed by atoms with Crippen LogP contribution in [0.15, 0.2) is 47.5 Å². The molecule has 0 unspecified atom stereocenters. The minimum atomic E-state index is -4.42. The molecule has 0 radical (unpaired) electrons. The van der Waals surface area contributed by atoms with Crippen LogP contribution in [0.4, 0.5) is 29.8 Å². The van der Waals surface area contributed by atoms with Gasteiger partial charge < -0.3 is 15.1 Å². The van der Waals surface area contributed by atoms with Gasteiger partial charge in [-0.3, -0.25) is 4.72 Å². The van der Waals surface area contributed by atoms with Gasteiger partial charge in [0.05, 0.1) is 10.5 Å². The van der Waals surface area contributed by atoms with Crippen LogP contribution < -0.4 is 14.9 Å². The van der Waals surface area contributed by atoms with E-state index in [1.54, 1.807) is 12.1 Å². The molecule has 1 aliphatic heterocycles. The summed E-state index contributed by atoms with van der Waals surface area (Å²) in [4.78, 5) is 7.85. The minimum Gasteiger partial charge on any atom is -0.353 e. The molecule has 2 N–H and O–H groups in total. The second-order valence-electron chi connectivity index (χ2n) is 7.79. The Hall–Kier alpha value is -3.04. The summed E-state index contributed by atoms with van der Waals surface area (Å²) >= 11 is 6.67. The van der Waals surface area contributed by atoms with Gasteiger partial charge in [-0.25, -0.2) is 13.4 Å². The van der Waals surface area contributed by atoms with Gasteiger partial charge in [0.1, 0.15) is 10.8 Å². The minimum absolute atomic E-state index is 0.0740. The van der Waals surface area contributed by atoms with Crippen molar-refractivity contribution < 1.29 is 21.6 Å². The Morgan fingerprint density at radius 2 is 1.78 bits per heavy atom. The van der Waals surface area contributed by atoms with Crippen LogP contribution in [0, 0.1) is 0 Å². The van der Waals surface area contributed by atoms with Gasteiger partial charge in [0.2, 0.25) is 5.13 Å². The largest absolute Gasteiger partial charge is 0.417 e. The molecule has 4 rings (SSSR count). The van der Waals surface area contributed by atoms with Gasteiger partial charge >= 0.3 is 6.18 Å². The van der Waals surface area contributed by atoms with E-state index >= 15 is 0 Å². The molecule has 9 nitrogen and oxygen atoms in total. The zero-order chi connectivity index (χ0) is 25.9. The number of rotatable bonds is 6. The van der Waals surface area contributed by atoms with Crippen molar-refractivity contribution in [2.24, 2.45) is 0 Å². The average Bonchev–Trinajstić information content (AvgIpc) is 3.31. The van der Waals surface area contributed by atoms with Crippen LogP contribution in [0.1, 0.15) is 17.5 Å². The average molecular weight is 558 g/mol. The van der Waals surface area contributed by atoms with E-state index in [0.29, 0.717) is 49.2 Å². The lowest BCUT2D eigenvalue weighted by atomic mass is 10.2. The number of alkyl halides is 3. The fourth-order valence-electron chi connectivity index (χ4n) is 3.41. The zero-order valence-corrected chi connectivity index (χ0v) is 21.4. The molecule has 0 aliphatic carbocycles. The number of aryl methyl sites for hydroxylation is 1. The number of sulfonamides is 1. The second-order valence-corrected chi connectivity index (χ2v) is 10.9. The first kappa shape index (κ1) is 26.0. The smallest absolute Gasteiger partial charge is 0.353 e. The van der Waals surface area contributed by atoms with Crippen LogP contribution in [-0.4, -0.2) is 59.8 Å². The number of aromatic nitrogens is 3. The Balaban J connectivity index is 1.30. The van der Waals surface area contributed by atoms with Gasteiger partial charge in [-0.1, -0.05) is 18.3 Å². The molecule has 36 heavy (non-hydrogen) atoms. The van der Waals surface area contributed by atoms with Crippen molar-refractivity contribution >= 4 is 55.3 Å². The van der Waals surface area contributed by atoms with E-state index in [2.05, 4.69) is 25.2 Å². The van der Waals surface area contributed by atoms with E-state index in [4.69, 9.17) is 12.2 Å². The predicted octanol–water partition coefficient (Wildman–Crippen LogP) is 3.83. The summed E-state index contributed by atoms with van der Waals surface area (Å²) in [6.45, 7) is 4.08. The quantitative estimate of drug-likeness (QED) is 0.438. The number of piperazine rings is 1. The lowest BCUT2D eigenvalue weighted by molar-refractivity contribution is -0.137. The molecule has 3 aromatic rings.